The normalized spacial score (nSPS) is 9.11. The predicted octanol–water partition coefficient (Wildman–Crippen LogP) is 3.76. The van der Waals surface area contributed by atoms with Gasteiger partial charge in [-0.15, -0.1) is 24.8 Å². The van der Waals surface area contributed by atoms with E-state index in [1.807, 2.05) is 43.3 Å². The number of benzene rings is 2. The van der Waals surface area contributed by atoms with Gasteiger partial charge in [-0.2, -0.15) is 0 Å². The molecule has 19 heavy (non-hydrogen) atoms. The van der Waals surface area contributed by atoms with E-state index >= 15 is 0 Å². The van der Waals surface area contributed by atoms with Crippen molar-refractivity contribution < 1.29 is 4.74 Å². The van der Waals surface area contributed by atoms with Crippen molar-refractivity contribution in [2.75, 3.05) is 18.1 Å². The minimum atomic E-state index is 0. The van der Waals surface area contributed by atoms with Crippen LogP contribution < -0.4 is 16.2 Å². The lowest BCUT2D eigenvalue weighted by Crippen LogP contribution is -1.97. The van der Waals surface area contributed by atoms with Crippen molar-refractivity contribution in [3.8, 4) is 16.9 Å². The van der Waals surface area contributed by atoms with Crippen LogP contribution in [0.4, 0.5) is 11.4 Å². The topological polar surface area (TPSA) is 61.3 Å². The molecule has 2 aromatic carbocycles. The van der Waals surface area contributed by atoms with Gasteiger partial charge in [-0.05, 0) is 31.2 Å². The summed E-state index contributed by atoms with van der Waals surface area (Å²) in [4.78, 5) is 0. The first-order valence-electron chi connectivity index (χ1n) is 5.59. The molecule has 104 valence electrons. The van der Waals surface area contributed by atoms with Gasteiger partial charge in [-0.1, -0.05) is 18.2 Å². The highest BCUT2D eigenvalue weighted by atomic mass is 35.5. The zero-order valence-corrected chi connectivity index (χ0v) is 12.3. The van der Waals surface area contributed by atoms with E-state index in [-0.39, 0.29) is 24.8 Å². The summed E-state index contributed by atoms with van der Waals surface area (Å²) >= 11 is 0. The number of para-hydroxylation sites is 1. The summed E-state index contributed by atoms with van der Waals surface area (Å²) < 4.78 is 5.59. The van der Waals surface area contributed by atoms with E-state index < -0.39 is 0 Å². The molecule has 0 saturated heterocycles. The fourth-order valence-corrected chi connectivity index (χ4v) is 1.78. The molecule has 0 bridgehead atoms. The molecule has 0 saturated carbocycles. The first kappa shape index (κ1) is 17.4. The third-order valence-corrected chi connectivity index (χ3v) is 2.55. The summed E-state index contributed by atoms with van der Waals surface area (Å²) in [5.41, 5.74) is 15.0. The number of hydrogen-bond acceptors (Lipinski definition) is 3. The van der Waals surface area contributed by atoms with Crippen LogP contribution in [0.2, 0.25) is 0 Å². The lowest BCUT2D eigenvalue weighted by Gasteiger charge is -2.12. The van der Waals surface area contributed by atoms with Crippen LogP contribution in [-0.4, -0.2) is 6.61 Å². The third-order valence-electron chi connectivity index (χ3n) is 2.55. The van der Waals surface area contributed by atoms with Gasteiger partial charge in [-0.3, -0.25) is 0 Å². The lowest BCUT2D eigenvalue weighted by atomic mass is 10.0. The number of nitrogens with two attached hydrogens (primary N) is 2. The quantitative estimate of drug-likeness (QED) is 0.849. The molecule has 2 rings (SSSR count). The highest BCUT2D eigenvalue weighted by Crippen LogP contribution is 2.34. The zero-order chi connectivity index (χ0) is 12.3. The van der Waals surface area contributed by atoms with Gasteiger partial charge in [0.15, 0.2) is 0 Å². The summed E-state index contributed by atoms with van der Waals surface area (Å²) in [6, 6.07) is 13.3. The molecule has 3 nitrogen and oxygen atoms in total. The average molecular weight is 301 g/mol. The van der Waals surface area contributed by atoms with Crippen LogP contribution in [0.5, 0.6) is 5.75 Å². The Morgan fingerprint density at radius 3 is 2.32 bits per heavy atom. The maximum atomic E-state index is 5.98. The molecular weight excluding hydrogens is 283 g/mol. The molecule has 0 aliphatic rings. The minimum Gasteiger partial charge on any atom is -0.493 e. The van der Waals surface area contributed by atoms with E-state index in [1.54, 1.807) is 6.07 Å². The van der Waals surface area contributed by atoms with Crippen LogP contribution in [-0.2, 0) is 0 Å². The molecule has 0 radical (unpaired) electrons. The molecule has 4 N–H and O–H groups in total. The lowest BCUT2D eigenvalue weighted by molar-refractivity contribution is 0.341. The van der Waals surface area contributed by atoms with Crippen molar-refractivity contribution in [2.24, 2.45) is 0 Å². The molecule has 0 aliphatic carbocycles. The molecule has 0 heterocycles. The van der Waals surface area contributed by atoms with Gasteiger partial charge in [0.25, 0.3) is 0 Å². The molecule has 0 atom stereocenters. The van der Waals surface area contributed by atoms with Gasteiger partial charge in [-0.25, -0.2) is 0 Å². The Hall–Kier alpha value is -1.58. The van der Waals surface area contributed by atoms with Crippen molar-refractivity contribution in [1.82, 2.24) is 0 Å². The van der Waals surface area contributed by atoms with E-state index in [1.165, 1.54) is 0 Å². The van der Waals surface area contributed by atoms with Gasteiger partial charge in [0.05, 0.1) is 6.61 Å². The average Bonchev–Trinajstić information content (AvgIpc) is 2.34. The molecule has 0 aromatic heterocycles. The first-order valence-corrected chi connectivity index (χ1v) is 5.59. The molecule has 0 spiro atoms. The van der Waals surface area contributed by atoms with E-state index in [2.05, 4.69) is 0 Å². The molecule has 0 fully saturated rings. The summed E-state index contributed by atoms with van der Waals surface area (Å²) in [7, 11) is 0. The van der Waals surface area contributed by atoms with Crippen LogP contribution in [0.3, 0.4) is 0 Å². The van der Waals surface area contributed by atoms with Gasteiger partial charge in [0.2, 0.25) is 0 Å². The van der Waals surface area contributed by atoms with Crippen molar-refractivity contribution in [2.45, 2.75) is 6.92 Å². The molecule has 2 aromatic rings. The Kier molecular flexibility index (Phi) is 7.12. The Labute approximate surface area is 125 Å². The monoisotopic (exact) mass is 300 g/mol. The van der Waals surface area contributed by atoms with E-state index in [9.17, 15) is 0 Å². The summed E-state index contributed by atoms with van der Waals surface area (Å²) in [5, 5.41) is 0. The van der Waals surface area contributed by atoms with Crippen molar-refractivity contribution in [1.29, 1.82) is 0 Å². The number of ether oxygens (including phenoxy) is 1. The van der Waals surface area contributed by atoms with Crippen molar-refractivity contribution >= 4 is 36.2 Å². The largest absolute Gasteiger partial charge is 0.493 e. The second-order valence-corrected chi connectivity index (χ2v) is 3.78. The van der Waals surface area contributed by atoms with Gasteiger partial charge < -0.3 is 16.2 Å². The number of anilines is 2. The minimum absolute atomic E-state index is 0. The highest BCUT2D eigenvalue weighted by Gasteiger charge is 2.08. The first-order chi connectivity index (χ1) is 8.22. The van der Waals surface area contributed by atoms with Crippen LogP contribution in [0, 0.1) is 0 Å². The Morgan fingerprint density at radius 2 is 1.63 bits per heavy atom. The maximum Gasteiger partial charge on any atom is 0.127 e. The maximum absolute atomic E-state index is 5.98. The number of halogens is 2. The smallest absolute Gasteiger partial charge is 0.127 e. The van der Waals surface area contributed by atoms with E-state index in [0.29, 0.717) is 18.0 Å². The summed E-state index contributed by atoms with van der Waals surface area (Å²) in [6.07, 6.45) is 0. The highest BCUT2D eigenvalue weighted by molar-refractivity contribution is 5.85. The van der Waals surface area contributed by atoms with Crippen molar-refractivity contribution in [3.63, 3.8) is 0 Å². The summed E-state index contributed by atoms with van der Waals surface area (Å²) in [6.45, 7) is 2.58. The standard InChI is InChI=1S/C14H16N2O.2ClH/c1-2-17-14-6-4-3-5-11(14)12-9-10(15)7-8-13(12)16;;/h3-9H,2,15-16H2,1H3;2*1H. The number of hydrogen-bond donors (Lipinski definition) is 2. The second kappa shape index (κ2) is 7.77. The number of nitrogen functional groups attached to an aromatic ring is 2. The molecule has 5 heteroatoms. The van der Waals surface area contributed by atoms with Crippen LogP contribution in [0.1, 0.15) is 6.92 Å². The van der Waals surface area contributed by atoms with Gasteiger partial charge in [0, 0.05) is 22.5 Å². The fourth-order valence-electron chi connectivity index (χ4n) is 1.78. The Balaban J connectivity index is 0.00000162. The Bertz CT molecular complexity index is 533. The van der Waals surface area contributed by atoms with E-state index in [0.717, 1.165) is 16.9 Å². The van der Waals surface area contributed by atoms with Crippen LogP contribution in [0.15, 0.2) is 42.5 Å². The molecular formula is C14H18Cl2N2O. The zero-order valence-electron chi connectivity index (χ0n) is 10.6. The molecule has 0 amide bonds. The van der Waals surface area contributed by atoms with Crippen LogP contribution in [0.25, 0.3) is 11.1 Å². The SMILES string of the molecule is CCOc1ccccc1-c1cc(N)ccc1N.Cl.Cl. The number of rotatable bonds is 3. The second-order valence-electron chi connectivity index (χ2n) is 3.78. The fraction of sp³-hybridized carbons (Fsp3) is 0.143. The van der Waals surface area contributed by atoms with Crippen LogP contribution >= 0.6 is 24.8 Å². The summed E-state index contributed by atoms with van der Waals surface area (Å²) in [5.74, 6) is 0.826. The molecule has 0 aliphatic heterocycles. The van der Waals surface area contributed by atoms with E-state index in [4.69, 9.17) is 16.2 Å². The third kappa shape index (κ3) is 3.94. The van der Waals surface area contributed by atoms with Gasteiger partial charge >= 0.3 is 0 Å². The Morgan fingerprint density at radius 1 is 0.947 bits per heavy atom. The molecule has 0 unspecified atom stereocenters. The van der Waals surface area contributed by atoms with Crippen molar-refractivity contribution in [3.05, 3.63) is 42.5 Å². The van der Waals surface area contributed by atoms with Gasteiger partial charge in [0.1, 0.15) is 5.75 Å². The predicted molar refractivity (Wildman–Crippen MR) is 86.4 cm³/mol.